The van der Waals surface area contributed by atoms with Gasteiger partial charge in [0, 0.05) is 11.6 Å². The highest BCUT2D eigenvalue weighted by Gasteiger charge is 2.10. The molecule has 25 heavy (non-hydrogen) atoms. The van der Waals surface area contributed by atoms with Crippen LogP contribution in [0.1, 0.15) is 5.69 Å². The number of nitrogens with zero attached hydrogens (tertiary/aromatic N) is 3. The quantitative estimate of drug-likeness (QED) is 0.477. The van der Waals surface area contributed by atoms with Crippen LogP contribution < -0.4 is 16.6 Å². The lowest BCUT2D eigenvalue weighted by atomic mass is 10.2. The average Bonchev–Trinajstić information content (AvgIpc) is 3.05. The molecule has 130 valence electrons. The lowest BCUT2D eigenvalue weighted by molar-refractivity contribution is 0.603. The fraction of sp³-hybridized carbons (Fsp3) is 0.118. The van der Waals surface area contributed by atoms with Crippen molar-refractivity contribution in [2.24, 2.45) is 11.6 Å². The van der Waals surface area contributed by atoms with Gasteiger partial charge in [0.15, 0.2) is 0 Å². The smallest absolute Gasteiger partial charge is 0.127 e. The fourth-order valence-corrected chi connectivity index (χ4v) is 3.21. The zero-order valence-corrected chi connectivity index (χ0v) is 14.8. The van der Waals surface area contributed by atoms with E-state index in [2.05, 4.69) is 10.2 Å². The van der Waals surface area contributed by atoms with E-state index in [-0.39, 0.29) is 0 Å². The molecule has 3 rings (SSSR count). The number of hydrogen-bond acceptors (Lipinski definition) is 5. The molecule has 0 saturated carbocycles. The molecule has 0 radical (unpaired) electrons. The Labute approximate surface area is 148 Å². The molecule has 1 unspecified atom stereocenters. The number of anilines is 1. The third kappa shape index (κ3) is 3.55. The van der Waals surface area contributed by atoms with Crippen LogP contribution in [-0.2, 0) is 11.0 Å². The van der Waals surface area contributed by atoms with Gasteiger partial charge in [0.25, 0.3) is 0 Å². The summed E-state index contributed by atoms with van der Waals surface area (Å²) in [7, 11) is 2.33. The van der Waals surface area contributed by atoms with E-state index >= 15 is 0 Å². The van der Waals surface area contributed by atoms with Crippen LogP contribution in [0.15, 0.2) is 59.6 Å². The maximum Gasteiger partial charge on any atom is 0.127 e. The Bertz CT molecular complexity index is 932. The van der Waals surface area contributed by atoms with Crippen molar-refractivity contribution in [2.45, 2.75) is 4.90 Å². The van der Waals surface area contributed by atoms with Gasteiger partial charge in [-0.25, -0.2) is 14.4 Å². The first-order valence-electron chi connectivity index (χ1n) is 7.61. The highest BCUT2D eigenvalue weighted by atomic mass is 32.2. The Morgan fingerprint density at radius 3 is 2.52 bits per heavy atom. The Kier molecular flexibility index (Phi) is 4.84. The summed E-state index contributed by atoms with van der Waals surface area (Å²) in [6, 6.07) is 14.9. The van der Waals surface area contributed by atoms with E-state index in [9.17, 15) is 4.21 Å². The summed E-state index contributed by atoms with van der Waals surface area (Å²) in [4.78, 5) is 0.706. The van der Waals surface area contributed by atoms with E-state index in [0.29, 0.717) is 16.3 Å². The average molecular weight is 356 g/mol. The second kappa shape index (κ2) is 7.06. The topological polar surface area (TPSA) is 104 Å². The van der Waals surface area contributed by atoms with Crippen LogP contribution in [0.5, 0.6) is 0 Å². The highest BCUT2D eigenvalue weighted by molar-refractivity contribution is 7.82. The molecule has 0 saturated heterocycles. The molecule has 7 nitrogen and oxygen atoms in total. The van der Waals surface area contributed by atoms with E-state index in [1.807, 2.05) is 24.3 Å². The summed E-state index contributed by atoms with van der Waals surface area (Å²) in [6.07, 6.45) is 1.61. The molecule has 3 aromatic rings. The summed E-state index contributed by atoms with van der Waals surface area (Å²) >= 11 is 0. The van der Waals surface area contributed by atoms with Crippen LogP contribution in [-0.4, -0.2) is 32.8 Å². The van der Waals surface area contributed by atoms with Gasteiger partial charge in [-0.05, 0) is 44.4 Å². The van der Waals surface area contributed by atoms with Crippen LogP contribution in [0, 0.1) is 0 Å². The van der Waals surface area contributed by atoms with Crippen molar-refractivity contribution in [1.29, 1.82) is 0 Å². The first-order chi connectivity index (χ1) is 12.0. The van der Waals surface area contributed by atoms with Gasteiger partial charge < -0.3 is 5.73 Å². The van der Waals surface area contributed by atoms with Crippen LogP contribution in [0.4, 0.5) is 5.69 Å². The van der Waals surface area contributed by atoms with Gasteiger partial charge in [-0.2, -0.15) is 5.10 Å². The van der Waals surface area contributed by atoms with Gasteiger partial charge in [0.2, 0.25) is 0 Å². The number of H-pyrrole nitrogens is 1. The summed E-state index contributed by atoms with van der Waals surface area (Å²) in [5.41, 5.74) is 8.89. The minimum absolute atomic E-state index is 0.445. The first kappa shape index (κ1) is 17.2. The van der Waals surface area contributed by atoms with E-state index < -0.39 is 11.0 Å². The summed E-state index contributed by atoms with van der Waals surface area (Å²) < 4.78 is 13.7. The molecule has 1 heterocycles. The van der Waals surface area contributed by atoms with Crippen LogP contribution in [0.2, 0.25) is 0 Å². The van der Waals surface area contributed by atoms with Crippen LogP contribution >= 0.6 is 0 Å². The van der Waals surface area contributed by atoms with Gasteiger partial charge in [0.1, 0.15) is 16.7 Å². The molecule has 0 aliphatic carbocycles. The van der Waals surface area contributed by atoms with Crippen molar-refractivity contribution < 1.29 is 4.21 Å². The van der Waals surface area contributed by atoms with Crippen molar-refractivity contribution in [3.63, 3.8) is 0 Å². The molecule has 0 aliphatic rings. The van der Waals surface area contributed by atoms with Gasteiger partial charge >= 0.3 is 0 Å². The Morgan fingerprint density at radius 1 is 1.16 bits per heavy atom. The zero-order chi connectivity index (χ0) is 18.0. The molecule has 0 bridgehead atoms. The van der Waals surface area contributed by atoms with E-state index in [0.717, 1.165) is 16.6 Å². The number of aromatic nitrogens is 2. The predicted molar refractivity (Wildman–Crippen MR) is 101 cm³/mol. The normalized spacial score (nSPS) is 13.4. The zero-order valence-electron chi connectivity index (χ0n) is 14.0. The first-order valence-corrected chi connectivity index (χ1v) is 8.72. The second-order valence-corrected chi connectivity index (χ2v) is 7.36. The molecular formula is C17H20N6OS. The number of nitrogens with one attached hydrogen (secondary N) is 1. The minimum Gasteiger partial charge on any atom is -0.396 e. The molecule has 5 N–H and O–H groups in total. The standard InChI is InChI=1S/C17H20N6OS/c1-22(2)25(24)13-9-7-12(8-10-13)23(19)11-15(18)17-14-5-3-4-6-16(14)20-21-17/h3-11H,18-19H2,1-2H3,(H,20,21)/b15-11-. The fourth-order valence-electron chi connectivity index (χ4n) is 2.41. The third-order valence-corrected chi connectivity index (χ3v) is 5.03. The molecule has 0 spiro atoms. The molecule has 0 amide bonds. The third-order valence-electron chi connectivity index (χ3n) is 3.69. The minimum atomic E-state index is -1.19. The van der Waals surface area contributed by atoms with Gasteiger partial charge in [-0.1, -0.05) is 18.2 Å². The molecule has 0 aliphatic heterocycles. The number of benzene rings is 2. The molecule has 2 aromatic carbocycles. The van der Waals surface area contributed by atoms with Crippen LogP contribution in [0.3, 0.4) is 0 Å². The predicted octanol–water partition coefficient (Wildman–Crippen LogP) is 1.78. The Hall–Kier alpha value is -2.68. The van der Waals surface area contributed by atoms with Crippen molar-refractivity contribution in [3.8, 4) is 0 Å². The number of para-hydroxylation sites is 1. The highest BCUT2D eigenvalue weighted by Crippen LogP contribution is 2.21. The number of hydrogen-bond donors (Lipinski definition) is 3. The molecule has 1 aromatic heterocycles. The maximum absolute atomic E-state index is 12.0. The number of rotatable bonds is 5. The lowest BCUT2D eigenvalue weighted by Crippen LogP contribution is -2.25. The second-order valence-electron chi connectivity index (χ2n) is 5.66. The summed E-state index contributed by atoms with van der Waals surface area (Å²) in [5.74, 6) is 6.08. The molecule has 8 heteroatoms. The SMILES string of the molecule is CN(C)S(=O)c1ccc(N(N)/C=C(\N)c2n[nH]c3ccccc23)cc1. The van der Waals surface area contributed by atoms with Crippen LogP contribution in [0.25, 0.3) is 16.6 Å². The summed E-state index contributed by atoms with van der Waals surface area (Å²) in [6.45, 7) is 0. The van der Waals surface area contributed by atoms with E-state index in [4.69, 9.17) is 11.6 Å². The molecular weight excluding hydrogens is 336 g/mol. The number of hydrazine groups is 1. The van der Waals surface area contributed by atoms with E-state index in [1.54, 1.807) is 48.9 Å². The number of fused-ring (bicyclic) bond motifs is 1. The number of aromatic amines is 1. The van der Waals surface area contributed by atoms with Gasteiger partial charge in [0.05, 0.1) is 21.8 Å². The van der Waals surface area contributed by atoms with Crippen molar-refractivity contribution in [2.75, 3.05) is 19.1 Å². The Morgan fingerprint density at radius 2 is 1.84 bits per heavy atom. The Balaban J connectivity index is 1.84. The maximum atomic E-state index is 12.0. The van der Waals surface area contributed by atoms with Crippen molar-refractivity contribution in [1.82, 2.24) is 14.5 Å². The van der Waals surface area contributed by atoms with Crippen molar-refractivity contribution in [3.05, 3.63) is 60.4 Å². The summed E-state index contributed by atoms with van der Waals surface area (Å²) in [5, 5.41) is 9.55. The largest absolute Gasteiger partial charge is 0.396 e. The lowest BCUT2D eigenvalue weighted by Gasteiger charge is -2.16. The molecule has 1 atom stereocenters. The monoisotopic (exact) mass is 356 g/mol. The van der Waals surface area contributed by atoms with Crippen molar-refractivity contribution >= 4 is 33.3 Å². The number of nitrogens with two attached hydrogens (primary N) is 2. The van der Waals surface area contributed by atoms with Gasteiger partial charge in [-0.15, -0.1) is 0 Å². The van der Waals surface area contributed by atoms with Gasteiger partial charge in [-0.3, -0.25) is 10.1 Å². The molecule has 0 fully saturated rings. The van der Waals surface area contributed by atoms with E-state index in [1.165, 1.54) is 5.01 Å².